The molecule has 1 fully saturated rings. The molecular formula is C13H12BrN3OS. The first-order valence-corrected chi connectivity index (χ1v) is 7.73. The molecule has 0 amide bonds. The molecule has 0 aliphatic carbocycles. The van der Waals surface area contributed by atoms with Gasteiger partial charge in [0.05, 0.1) is 0 Å². The number of Topliss-reactive ketones (excluding diaryl/α,β-unsaturated/α-hetero) is 1. The summed E-state index contributed by atoms with van der Waals surface area (Å²) in [5, 5.41) is 2.04. The summed E-state index contributed by atoms with van der Waals surface area (Å²) in [5.74, 6) is 1.04. The van der Waals surface area contributed by atoms with Crippen molar-refractivity contribution in [2.45, 2.75) is 12.8 Å². The average Bonchev–Trinajstić information content (AvgIpc) is 2.87. The number of ketones is 1. The second-order valence-corrected chi connectivity index (χ2v) is 6.25. The number of nitrogens with zero attached hydrogens (tertiary/aromatic N) is 3. The molecule has 19 heavy (non-hydrogen) atoms. The smallest absolute Gasteiger partial charge is 0.225 e. The number of hydrogen-bond donors (Lipinski definition) is 0. The quantitative estimate of drug-likeness (QED) is 0.844. The predicted octanol–water partition coefficient (Wildman–Crippen LogP) is 3.14. The molecular weight excluding hydrogens is 326 g/mol. The Labute approximate surface area is 123 Å². The fourth-order valence-electron chi connectivity index (χ4n) is 2.03. The van der Waals surface area contributed by atoms with Crippen LogP contribution in [0.2, 0.25) is 0 Å². The van der Waals surface area contributed by atoms with Gasteiger partial charge in [0, 0.05) is 58.6 Å². The maximum absolute atomic E-state index is 11.2. The summed E-state index contributed by atoms with van der Waals surface area (Å²) >= 11 is 5.10. The van der Waals surface area contributed by atoms with Crippen LogP contribution in [0.4, 0.5) is 5.95 Å². The number of rotatable bonds is 2. The van der Waals surface area contributed by atoms with Crippen LogP contribution in [0, 0.1) is 0 Å². The van der Waals surface area contributed by atoms with Gasteiger partial charge in [0.15, 0.2) is 0 Å². The molecule has 3 heterocycles. The minimum Gasteiger partial charge on any atom is -0.340 e. The van der Waals surface area contributed by atoms with Crippen LogP contribution in [0.3, 0.4) is 0 Å². The van der Waals surface area contributed by atoms with Gasteiger partial charge in [0.2, 0.25) is 5.95 Å². The molecule has 98 valence electrons. The molecule has 0 unspecified atom stereocenters. The van der Waals surface area contributed by atoms with Gasteiger partial charge in [-0.25, -0.2) is 9.97 Å². The molecule has 0 N–H and O–H groups in total. The maximum Gasteiger partial charge on any atom is 0.225 e. The monoisotopic (exact) mass is 337 g/mol. The Morgan fingerprint density at radius 1 is 1.21 bits per heavy atom. The van der Waals surface area contributed by atoms with E-state index >= 15 is 0 Å². The molecule has 1 aliphatic heterocycles. The SMILES string of the molecule is O=C1CCN(c2ncc(-c3cc(Br)cs3)cn2)CC1. The molecule has 0 bridgehead atoms. The average molecular weight is 338 g/mol. The summed E-state index contributed by atoms with van der Waals surface area (Å²) in [7, 11) is 0. The van der Waals surface area contributed by atoms with Crippen molar-refractivity contribution < 1.29 is 4.79 Å². The summed E-state index contributed by atoms with van der Waals surface area (Å²) in [4.78, 5) is 23.2. The van der Waals surface area contributed by atoms with Gasteiger partial charge in [-0.05, 0) is 22.0 Å². The van der Waals surface area contributed by atoms with Crippen LogP contribution in [0.25, 0.3) is 10.4 Å². The zero-order valence-electron chi connectivity index (χ0n) is 10.2. The lowest BCUT2D eigenvalue weighted by molar-refractivity contribution is -0.119. The van der Waals surface area contributed by atoms with E-state index in [0.29, 0.717) is 24.6 Å². The minimum atomic E-state index is 0.330. The first-order chi connectivity index (χ1) is 9.22. The van der Waals surface area contributed by atoms with Crippen LogP contribution < -0.4 is 4.90 Å². The first kappa shape index (κ1) is 12.7. The lowest BCUT2D eigenvalue weighted by atomic mass is 10.1. The van der Waals surface area contributed by atoms with Crippen molar-refractivity contribution in [2.24, 2.45) is 0 Å². The molecule has 1 aliphatic rings. The number of carbonyl (C=O) groups excluding carboxylic acids is 1. The van der Waals surface area contributed by atoms with Crippen molar-refractivity contribution >= 4 is 39.0 Å². The molecule has 0 aromatic carbocycles. The molecule has 4 nitrogen and oxygen atoms in total. The molecule has 3 rings (SSSR count). The van der Waals surface area contributed by atoms with Gasteiger partial charge >= 0.3 is 0 Å². The van der Waals surface area contributed by atoms with Crippen molar-refractivity contribution in [1.29, 1.82) is 0 Å². The Bertz CT molecular complexity index is 586. The standard InChI is InChI=1S/C13H12BrN3OS/c14-10-5-12(19-8-10)9-6-15-13(16-7-9)17-3-1-11(18)2-4-17/h5-8H,1-4H2. The van der Waals surface area contributed by atoms with E-state index in [0.717, 1.165) is 28.0 Å². The molecule has 0 saturated carbocycles. The van der Waals surface area contributed by atoms with Gasteiger partial charge in [-0.3, -0.25) is 4.79 Å². The van der Waals surface area contributed by atoms with Crippen LogP contribution in [0.15, 0.2) is 28.3 Å². The molecule has 0 spiro atoms. The topological polar surface area (TPSA) is 46.1 Å². The third kappa shape index (κ3) is 2.84. The maximum atomic E-state index is 11.2. The highest BCUT2D eigenvalue weighted by Crippen LogP contribution is 2.29. The Balaban J connectivity index is 1.77. The molecule has 0 radical (unpaired) electrons. The molecule has 2 aromatic heterocycles. The van der Waals surface area contributed by atoms with E-state index in [1.807, 2.05) is 17.8 Å². The van der Waals surface area contributed by atoms with Crippen LogP contribution >= 0.6 is 27.3 Å². The lowest BCUT2D eigenvalue weighted by Gasteiger charge is -2.25. The minimum absolute atomic E-state index is 0.330. The number of hydrogen-bond acceptors (Lipinski definition) is 5. The van der Waals surface area contributed by atoms with E-state index in [1.54, 1.807) is 11.3 Å². The van der Waals surface area contributed by atoms with Crippen LogP contribution in [0.5, 0.6) is 0 Å². The lowest BCUT2D eigenvalue weighted by Crippen LogP contribution is -2.34. The van der Waals surface area contributed by atoms with E-state index < -0.39 is 0 Å². The third-order valence-corrected chi connectivity index (χ3v) is 4.83. The van der Waals surface area contributed by atoms with E-state index in [9.17, 15) is 4.79 Å². The fraction of sp³-hybridized carbons (Fsp3) is 0.308. The number of carbonyl (C=O) groups is 1. The van der Waals surface area contributed by atoms with E-state index in [1.165, 1.54) is 0 Å². The number of piperidine rings is 1. The number of anilines is 1. The number of aromatic nitrogens is 2. The van der Waals surface area contributed by atoms with Crippen molar-refractivity contribution in [3.8, 4) is 10.4 Å². The summed E-state index contributed by atoms with van der Waals surface area (Å²) in [5.41, 5.74) is 1.02. The second kappa shape index (κ2) is 5.38. The van der Waals surface area contributed by atoms with E-state index in [-0.39, 0.29) is 0 Å². The first-order valence-electron chi connectivity index (χ1n) is 6.05. The van der Waals surface area contributed by atoms with Crippen LogP contribution in [-0.2, 0) is 4.79 Å². The third-order valence-electron chi connectivity index (χ3n) is 3.09. The Kier molecular flexibility index (Phi) is 3.61. The van der Waals surface area contributed by atoms with Gasteiger partial charge in [0.1, 0.15) is 5.78 Å². The van der Waals surface area contributed by atoms with Crippen molar-refractivity contribution in [1.82, 2.24) is 9.97 Å². The highest BCUT2D eigenvalue weighted by atomic mass is 79.9. The molecule has 2 aromatic rings. The highest BCUT2D eigenvalue weighted by molar-refractivity contribution is 9.10. The summed E-state index contributed by atoms with van der Waals surface area (Å²) in [6, 6.07) is 2.06. The summed E-state index contributed by atoms with van der Waals surface area (Å²) < 4.78 is 1.08. The molecule has 1 saturated heterocycles. The van der Waals surface area contributed by atoms with Gasteiger partial charge in [-0.15, -0.1) is 11.3 Å². The highest BCUT2D eigenvalue weighted by Gasteiger charge is 2.18. The van der Waals surface area contributed by atoms with Gasteiger partial charge in [-0.1, -0.05) is 0 Å². The van der Waals surface area contributed by atoms with Crippen molar-refractivity contribution in [2.75, 3.05) is 18.0 Å². The van der Waals surface area contributed by atoms with Gasteiger partial charge in [0.25, 0.3) is 0 Å². The number of halogens is 1. The van der Waals surface area contributed by atoms with E-state index in [2.05, 4.69) is 36.9 Å². The van der Waals surface area contributed by atoms with Crippen molar-refractivity contribution in [3.63, 3.8) is 0 Å². The largest absolute Gasteiger partial charge is 0.340 e. The van der Waals surface area contributed by atoms with Crippen LogP contribution in [-0.4, -0.2) is 28.8 Å². The summed E-state index contributed by atoms with van der Waals surface area (Å²) in [6.07, 6.45) is 4.89. The number of thiophene rings is 1. The fourth-order valence-corrected chi connectivity index (χ4v) is 3.44. The molecule has 0 atom stereocenters. The predicted molar refractivity (Wildman–Crippen MR) is 79.5 cm³/mol. The second-order valence-electron chi connectivity index (χ2n) is 4.43. The summed E-state index contributed by atoms with van der Waals surface area (Å²) in [6.45, 7) is 1.45. The Morgan fingerprint density at radius 3 is 2.47 bits per heavy atom. The zero-order valence-corrected chi connectivity index (χ0v) is 12.6. The van der Waals surface area contributed by atoms with Gasteiger partial charge < -0.3 is 4.90 Å². The van der Waals surface area contributed by atoms with Crippen molar-refractivity contribution in [3.05, 3.63) is 28.3 Å². The normalized spacial score (nSPS) is 15.8. The Hall–Kier alpha value is -1.27. The Morgan fingerprint density at radius 2 is 1.89 bits per heavy atom. The van der Waals surface area contributed by atoms with Gasteiger partial charge in [-0.2, -0.15) is 0 Å². The molecule has 6 heteroatoms. The van der Waals surface area contributed by atoms with Crippen LogP contribution in [0.1, 0.15) is 12.8 Å². The van der Waals surface area contributed by atoms with E-state index in [4.69, 9.17) is 0 Å². The zero-order chi connectivity index (χ0) is 13.2.